The molecule has 0 amide bonds. The van der Waals surface area contributed by atoms with E-state index in [9.17, 15) is 0 Å². The second-order valence-electron chi connectivity index (χ2n) is 3.47. The number of nitrogen functional groups attached to an aromatic ring is 1. The van der Waals surface area contributed by atoms with Crippen LogP contribution in [0.4, 0.5) is 5.82 Å². The second-order valence-corrected chi connectivity index (χ2v) is 3.47. The number of aromatic nitrogens is 2. The van der Waals surface area contributed by atoms with E-state index in [2.05, 4.69) is 15.4 Å². The van der Waals surface area contributed by atoms with E-state index in [-0.39, 0.29) is 6.10 Å². The Morgan fingerprint density at radius 1 is 1.24 bits per heavy atom. The van der Waals surface area contributed by atoms with Gasteiger partial charge >= 0.3 is 0 Å². The van der Waals surface area contributed by atoms with E-state index in [0.717, 1.165) is 5.56 Å². The minimum atomic E-state index is -0.288. The van der Waals surface area contributed by atoms with Gasteiger partial charge in [0.1, 0.15) is 11.9 Å². The lowest BCUT2D eigenvalue weighted by Crippen LogP contribution is -2.13. The Hall–Kier alpha value is -1.98. The highest BCUT2D eigenvalue weighted by Gasteiger charge is 2.16. The third-order valence-corrected chi connectivity index (χ3v) is 2.39. The van der Waals surface area contributed by atoms with Gasteiger partial charge in [-0.2, -0.15) is 0 Å². The fourth-order valence-corrected chi connectivity index (χ4v) is 1.60. The van der Waals surface area contributed by atoms with E-state index >= 15 is 0 Å². The molecule has 0 fully saturated rings. The van der Waals surface area contributed by atoms with Crippen molar-refractivity contribution in [1.29, 1.82) is 0 Å². The number of nitrogens with zero attached hydrogens (tertiary/aromatic N) is 2. The fraction of sp³-hybridized carbons (Fsp3) is 0.167. The van der Waals surface area contributed by atoms with E-state index < -0.39 is 0 Å². The highest BCUT2D eigenvalue weighted by molar-refractivity contribution is 5.33. The van der Waals surface area contributed by atoms with Crippen molar-refractivity contribution in [3.8, 4) is 0 Å². The second kappa shape index (κ2) is 5.38. The number of ether oxygens (including phenoxy) is 1. The molecule has 2 aromatic rings. The van der Waals surface area contributed by atoms with Gasteiger partial charge < -0.3 is 10.2 Å². The van der Waals surface area contributed by atoms with Crippen LogP contribution < -0.4 is 11.3 Å². The first kappa shape index (κ1) is 11.5. The van der Waals surface area contributed by atoms with Gasteiger partial charge in [-0.1, -0.05) is 30.3 Å². The Morgan fingerprint density at radius 2 is 2.00 bits per heavy atom. The number of nitrogens with two attached hydrogens (primary N) is 1. The highest BCUT2D eigenvalue weighted by atomic mass is 16.5. The average Bonchev–Trinajstić information content (AvgIpc) is 2.41. The number of rotatable bonds is 4. The molecular formula is C12H14N4O. The van der Waals surface area contributed by atoms with Crippen LogP contribution in [0.5, 0.6) is 0 Å². The summed E-state index contributed by atoms with van der Waals surface area (Å²) in [6.07, 6.45) is 1.36. The van der Waals surface area contributed by atoms with Crippen LogP contribution in [-0.4, -0.2) is 17.1 Å². The summed E-state index contributed by atoms with van der Waals surface area (Å²) in [7, 11) is 1.63. The van der Waals surface area contributed by atoms with E-state index in [0.29, 0.717) is 11.6 Å². The first-order valence-corrected chi connectivity index (χ1v) is 5.22. The van der Waals surface area contributed by atoms with Crippen LogP contribution >= 0.6 is 0 Å². The van der Waals surface area contributed by atoms with Gasteiger partial charge in [0.15, 0.2) is 5.82 Å². The molecule has 0 aliphatic rings. The molecular weight excluding hydrogens is 216 g/mol. The minimum Gasteiger partial charge on any atom is -0.369 e. The van der Waals surface area contributed by atoms with Crippen LogP contribution in [0, 0.1) is 0 Å². The predicted octanol–water partition coefficient (Wildman–Crippen LogP) is 1.50. The number of hydrogen-bond acceptors (Lipinski definition) is 5. The van der Waals surface area contributed by atoms with Crippen molar-refractivity contribution in [2.45, 2.75) is 6.10 Å². The van der Waals surface area contributed by atoms with Gasteiger partial charge in [0, 0.05) is 19.4 Å². The van der Waals surface area contributed by atoms with Crippen LogP contribution in [0.25, 0.3) is 0 Å². The molecule has 0 aliphatic carbocycles. The summed E-state index contributed by atoms with van der Waals surface area (Å²) in [4.78, 5) is 8.47. The zero-order valence-electron chi connectivity index (χ0n) is 9.50. The topological polar surface area (TPSA) is 73.1 Å². The average molecular weight is 230 g/mol. The summed E-state index contributed by atoms with van der Waals surface area (Å²) in [5.41, 5.74) is 3.49. The molecule has 17 heavy (non-hydrogen) atoms. The molecule has 0 aliphatic heterocycles. The number of hydrogen-bond donors (Lipinski definition) is 2. The third-order valence-electron chi connectivity index (χ3n) is 2.39. The van der Waals surface area contributed by atoms with Crippen LogP contribution in [0.3, 0.4) is 0 Å². The molecule has 3 N–H and O–H groups in total. The molecule has 0 saturated carbocycles. The normalized spacial score (nSPS) is 12.1. The van der Waals surface area contributed by atoms with Gasteiger partial charge in [-0.25, -0.2) is 15.8 Å². The van der Waals surface area contributed by atoms with Crippen molar-refractivity contribution in [3.05, 3.63) is 54.0 Å². The summed E-state index contributed by atoms with van der Waals surface area (Å²) < 4.78 is 5.43. The van der Waals surface area contributed by atoms with Gasteiger partial charge in [0.2, 0.25) is 0 Å². The maximum Gasteiger partial charge on any atom is 0.164 e. The lowest BCUT2D eigenvalue weighted by molar-refractivity contribution is 0.129. The number of benzene rings is 1. The Bertz CT molecular complexity index is 475. The molecule has 1 aromatic carbocycles. The fourth-order valence-electron chi connectivity index (χ4n) is 1.60. The Labute approximate surface area is 99.6 Å². The number of nitrogens with one attached hydrogen (secondary N) is 1. The molecule has 0 spiro atoms. The molecule has 1 atom stereocenters. The zero-order chi connectivity index (χ0) is 12.1. The monoisotopic (exact) mass is 230 g/mol. The summed E-state index contributed by atoms with van der Waals surface area (Å²) in [6, 6.07) is 11.5. The molecule has 1 heterocycles. The third kappa shape index (κ3) is 2.58. The largest absolute Gasteiger partial charge is 0.369 e. The molecule has 0 bridgehead atoms. The summed E-state index contributed by atoms with van der Waals surface area (Å²) in [6.45, 7) is 0. The van der Waals surface area contributed by atoms with Crippen molar-refractivity contribution in [1.82, 2.24) is 9.97 Å². The van der Waals surface area contributed by atoms with Gasteiger partial charge in [0.25, 0.3) is 0 Å². The van der Waals surface area contributed by atoms with E-state index in [4.69, 9.17) is 10.6 Å². The maximum absolute atomic E-state index is 5.43. The van der Waals surface area contributed by atoms with Crippen molar-refractivity contribution in [2.75, 3.05) is 12.5 Å². The standard InChI is InChI=1S/C12H14N4O/c1-17-11(9-5-3-2-4-6-9)12-14-8-7-10(15-12)16-13/h2-8,11H,13H2,1H3,(H,14,15,16). The van der Waals surface area contributed by atoms with Crippen molar-refractivity contribution < 1.29 is 4.74 Å². The molecule has 0 radical (unpaired) electrons. The van der Waals surface area contributed by atoms with Gasteiger partial charge in [-0.3, -0.25) is 0 Å². The molecule has 1 unspecified atom stereocenters. The first-order chi connectivity index (χ1) is 8.35. The van der Waals surface area contributed by atoms with Crippen LogP contribution in [0.15, 0.2) is 42.6 Å². The van der Waals surface area contributed by atoms with Crippen LogP contribution in [-0.2, 0) is 4.74 Å². The van der Waals surface area contributed by atoms with E-state index in [1.807, 2.05) is 30.3 Å². The Kier molecular flexibility index (Phi) is 3.64. The van der Waals surface area contributed by atoms with Crippen LogP contribution in [0.1, 0.15) is 17.5 Å². The number of anilines is 1. The predicted molar refractivity (Wildman–Crippen MR) is 65.1 cm³/mol. The maximum atomic E-state index is 5.43. The lowest BCUT2D eigenvalue weighted by atomic mass is 10.1. The molecule has 2 rings (SSSR count). The Balaban J connectivity index is 2.35. The Morgan fingerprint density at radius 3 is 2.65 bits per heavy atom. The SMILES string of the molecule is COC(c1ccccc1)c1nccc(NN)n1. The summed E-state index contributed by atoms with van der Waals surface area (Å²) in [5, 5.41) is 0. The highest BCUT2D eigenvalue weighted by Crippen LogP contribution is 2.22. The smallest absolute Gasteiger partial charge is 0.164 e. The minimum absolute atomic E-state index is 0.288. The van der Waals surface area contributed by atoms with Gasteiger partial charge in [-0.05, 0) is 5.56 Å². The first-order valence-electron chi connectivity index (χ1n) is 5.22. The zero-order valence-corrected chi connectivity index (χ0v) is 9.50. The number of hydrazine groups is 1. The van der Waals surface area contributed by atoms with E-state index in [1.165, 1.54) is 0 Å². The molecule has 0 saturated heterocycles. The molecule has 88 valence electrons. The molecule has 1 aromatic heterocycles. The summed E-state index contributed by atoms with van der Waals surface area (Å²) in [5.74, 6) is 6.46. The van der Waals surface area contributed by atoms with Crippen molar-refractivity contribution >= 4 is 5.82 Å². The lowest BCUT2D eigenvalue weighted by Gasteiger charge is -2.14. The van der Waals surface area contributed by atoms with Crippen molar-refractivity contribution in [2.24, 2.45) is 5.84 Å². The quantitative estimate of drug-likeness (QED) is 0.615. The van der Waals surface area contributed by atoms with E-state index in [1.54, 1.807) is 19.4 Å². The van der Waals surface area contributed by atoms with Gasteiger partial charge in [0.05, 0.1) is 0 Å². The number of methoxy groups -OCH3 is 1. The van der Waals surface area contributed by atoms with Gasteiger partial charge in [-0.15, -0.1) is 0 Å². The van der Waals surface area contributed by atoms with Crippen molar-refractivity contribution in [3.63, 3.8) is 0 Å². The van der Waals surface area contributed by atoms with Crippen LogP contribution in [0.2, 0.25) is 0 Å². The molecule has 5 heteroatoms. The summed E-state index contributed by atoms with van der Waals surface area (Å²) >= 11 is 0. The molecule has 5 nitrogen and oxygen atoms in total.